The fraction of sp³-hybridized carbons (Fsp3) is 1.00. The first-order chi connectivity index (χ1) is 4.75. The van der Waals surface area contributed by atoms with Gasteiger partial charge in [-0.1, -0.05) is 6.92 Å². The number of rotatable bonds is 1. The van der Waals surface area contributed by atoms with Gasteiger partial charge in [-0.3, -0.25) is 4.90 Å². The molecule has 0 amide bonds. The Morgan fingerprint density at radius 1 is 1.30 bits per heavy atom. The van der Waals surface area contributed by atoms with Gasteiger partial charge in [0.15, 0.2) is 0 Å². The van der Waals surface area contributed by atoms with E-state index in [1.54, 1.807) is 0 Å². The van der Waals surface area contributed by atoms with E-state index in [1.165, 1.54) is 0 Å². The lowest BCUT2D eigenvalue weighted by Gasteiger charge is -2.37. The number of nitrogens with zero attached hydrogens (tertiary/aromatic N) is 1. The van der Waals surface area contributed by atoms with Crippen molar-refractivity contribution in [3.05, 3.63) is 0 Å². The molecule has 10 heavy (non-hydrogen) atoms. The number of hydrogen-bond donors (Lipinski definition) is 0. The van der Waals surface area contributed by atoms with Gasteiger partial charge in [-0.05, 0) is 20.4 Å². The molecular formula is C8H17NO. The summed E-state index contributed by atoms with van der Waals surface area (Å²) < 4.78 is 5.38. The highest BCUT2D eigenvalue weighted by molar-refractivity contribution is 4.75. The van der Waals surface area contributed by atoms with E-state index in [1.807, 2.05) is 0 Å². The molecule has 0 spiro atoms. The average molecular weight is 143 g/mol. The van der Waals surface area contributed by atoms with Crippen LogP contribution in [0, 0.1) is 0 Å². The van der Waals surface area contributed by atoms with Gasteiger partial charge in [0.2, 0.25) is 0 Å². The molecule has 2 heteroatoms. The van der Waals surface area contributed by atoms with E-state index in [0.717, 1.165) is 19.8 Å². The topological polar surface area (TPSA) is 12.5 Å². The van der Waals surface area contributed by atoms with Gasteiger partial charge in [0.05, 0.1) is 13.2 Å². The molecule has 0 saturated carbocycles. The molecule has 1 saturated heterocycles. The fourth-order valence-electron chi connectivity index (χ4n) is 1.66. The molecule has 0 aromatic carbocycles. The first kappa shape index (κ1) is 8.02. The molecule has 0 aliphatic carbocycles. The lowest BCUT2D eigenvalue weighted by atomic mass is 10.2. The maximum Gasteiger partial charge on any atom is 0.0620 e. The number of hydrogen-bond acceptors (Lipinski definition) is 2. The van der Waals surface area contributed by atoms with Crippen LogP contribution in [-0.2, 0) is 4.74 Å². The molecule has 1 aliphatic rings. The second kappa shape index (κ2) is 3.35. The lowest BCUT2D eigenvalue weighted by molar-refractivity contribution is -0.0338. The number of ether oxygens (including phenoxy) is 1. The Balaban J connectivity index is 2.45. The fourth-order valence-corrected chi connectivity index (χ4v) is 1.66. The lowest BCUT2D eigenvalue weighted by Crippen LogP contribution is -2.49. The van der Waals surface area contributed by atoms with Crippen LogP contribution in [0.2, 0.25) is 0 Å². The zero-order chi connectivity index (χ0) is 7.56. The van der Waals surface area contributed by atoms with Crippen LogP contribution in [0.15, 0.2) is 0 Å². The molecule has 0 aromatic heterocycles. The molecule has 0 unspecified atom stereocenters. The van der Waals surface area contributed by atoms with Gasteiger partial charge < -0.3 is 4.74 Å². The molecule has 1 rings (SSSR count). The van der Waals surface area contributed by atoms with Crippen LogP contribution in [0.4, 0.5) is 0 Å². The van der Waals surface area contributed by atoms with Crippen molar-refractivity contribution in [3.8, 4) is 0 Å². The standard InChI is InChI=1S/C8H17NO/c1-4-9-7(2)5-10-6-8(9)3/h7-8H,4-6H2,1-3H3/t7-,8-/m0/s1. The number of morpholine rings is 1. The summed E-state index contributed by atoms with van der Waals surface area (Å²) >= 11 is 0. The zero-order valence-electron chi connectivity index (χ0n) is 7.13. The third-order valence-corrected chi connectivity index (χ3v) is 2.22. The third kappa shape index (κ3) is 1.50. The first-order valence-corrected chi connectivity index (χ1v) is 4.09. The molecule has 1 heterocycles. The highest BCUT2D eigenvalue weighted by Gasteiger charge is 2.22. The second-order valence-electron chi connectivity index (χ2n) is 3.07. The molecule has 0 N–H and O–H groups in total. The summed E-state index contributed by atoms with van der Waals surface area (Å²) in [4.78, 5) is 2.48. The van der Waals surface area contributed by atoms with Gasteiger partial charge in [0.1, 0.15) is 0 Å². The van der Waals surface area contributed by atoms with Crippen molar-refractivity contribution in [3.63, 3.8) is 0 Å². The Morgan fingerprint density at radius 2 is 1.80 bits per heavy atom. The molecule has 0 radical (unpaired) electrons. The predicted octanol–water partition coefficient (Wildman–Crippen LogP) is 1.12. The maximum atomic E-state index is 5.38. The van der Waals surface area contributed by atoms with E-state index in [4.69, 9.17) is 4.74 Å². The summed E-state index contributed by atoms with van der Waals surface area (Å²) in [5, 5.41) is 0. The van der Waals surface area contributed by atoms with Crippen molar-refractivity contribution in [2.75, 3.05) is 19.8 Å². The van der Waals surface area contributed by atoms with Gasteiger partial charge in [-0.2, -0.15) is 0 Å². The van der Waals surface area contributed by atoms with E-state index < -0.39 is 0 Å². The summed E-state index contributed by atoms with van der Waals surface area (Å²) in [5.74, 6) is 0. The summed E-state index contributed by atoms with van der Waals surface area (Å²) in [5.41, 5.74) is 0. The maximum absolute atomic E-state index is 5.38. The zero-order valence-corrected chi connectivity index (χ0v) is 7.13. The average Bonchev–Trinajstić information content (AvgIpc) is 1.88. The van der Waals surface area contributed by atoms with Gasteiger partial charge in [-0.25, -0.2) is 0 Å². The Kier molecular flexibility index (Phi) is 2.69. The Bertz CT molecular complexity index is 95.4. The smallest absolute Gasteiger partial charge is 0.0620 e. The summed E-state index contributed by atoms with van der Waals surface area (Å²) in [6.07, 6.45) is 0. The highest BCUT2D eigenvalue weighted by atomic mass is 16.5. The molecule has 2 nitrogen and oxygen atoms in total. The molecule has 1 aliphatic heterocycles. The summed E-state index contributed by atoms with van der Waals surface area (Å²) in [7, 11) is 0. The minimum absolute atomic E-state index is 0.605. The largest absolute Gasteiger partial charge is 0.378 e. The molecule has 60 valence electrons. The van der Waals surface area contributed by atoms with Crippen molar-refractivity contribution in [2.24, 2.45) is 0 Å². The number of likely N-dealkylation sites (N-methyl/N-ethyl adjacent to an activating group) is 1. The van der Waals surface area contributed by atoms with Crippen LogP contribution in [0.1, 0.15) is 20.8 Å². The molecule has 0 aromatic rings. The molecule has 1 fully saturated rings. The van der Waals surface area contributed by atoms with Gasteiger partial charge in [0, 0.05) is 12.1 Å². The minimum atomic E-state index is 0.605. The normalized spacial score (nSPS) is 36.3. The summed E-state index contributed by atoms with van der Waals surface area (Å²) in [6, 6.07) is 1.21. The van der Waals surface area contributed by atoms with Crippen LogP contribution in [-0.4, -0.2) is 36.7 Å². The Labute approximate surface area is 63.2 Å². The van der Waals surface area contributed by atoms with Crippen LogP contribution >= 0.6 is 0 Å². The van der Waals surface area contributed by atoms with Crippen LogP contribution in [0.5, 0.6) is 0 Å². The SMILES string of the molecule is CCN1[C@@H](C)COC[C@@H]1C. The van der Waals surface area contributed by atoms with Crippen molar-refractivity contribution in [1.82, 2.24) is 4.90 Å². The highest BCUT2D eigenvalue weighted by Crippen LogP contribution is 2.11. The van der Waals surface area contributed by atoms with Crippen LogP contribution in [0.25, 0.3) is 0 Å². The predicted molar refractivity (Wildman–Crippen MR) is 42.1 cm³/mol. The molecule has 0 bridgehead atoms. The first-order valence-electron chi connectivity index (χ1n) is 4.09. The Morgan fingerprint density at radius 3 is 2.10 bits per heavy atom. The van der Waals surface area contributed by atoms with E-state index in [0.29, 0.717) is 12.1 Å². The Hall–Kier alpha value is -0.0800. The minimum Gasteiger partial charge on any atom is -0.378 e. The monoisotopic (exact) mass is 143 g/mol. The van der Waals surface area contributed by atoms with Crippen molar-refractivity contribution >= 4 is 0 Å². The van der Waals surface area contributed by atoms with Crippen molar-refractivity contribution in [1.29, 1.82) is 0 Å². The summed E-state index contributed by atoms with van der Waals surface area (Å²) in [6.45, 7) is 9.60. The van der Waals surface area contributed by atoms with Gasteiger partial charge in [0.25, 0.3) is 0 Å². The van der Waals surface area contributed by atoms with Crippen LogP contribution < -0.4 is 0 Å². The quantitative estimate of drug-likeness (QED) is 0.545. The van der Waals surface area contributed by atoms with Gasteiger partial charge >= 0.3 is 0 Å². The second-order valence-corrected chi connectivity index (χ2v) is 3.07. The van der Waals surface area contributed by atoms with E-state index in [2.05, 4.69) is 25.7 Å². The third-order valence-electron chi connectivity index (χ3n) is 2.22. The van der Waals surface area contributed by atoms with E-state index >= 15 is 0 Å². The van der Waals surface area contributed by atoms with Gasteiger partial charge in [-0.15, -0.1) is 0 Å². The van der Waals surface area contributed by atoms with Crippen LogP contribution in [0.3, 0.4) is 0 Å². The van der Waals surface area contributed by atoms with E-state index in [-0.39, 0.29) is 0 Å². The van der Waals surface area contributed by atoms with Crippen molar-refractivity contribution in [2.45, 2.75) is 32.9 Å². The van der Waals surface area contributed by atoms with Crippen molar-refractivity contribution < 1.29 is 4.74 Å². The molecule has 2 atom stereocenters. The van der Waals surface area contributed by atoms with E-state index in [9.17, 15) is 0 Å². The molecular weight excluding hydrogens is 126 g/mol.